The van der Waals surface area contributed by atoms with Gasteiger partial charge in [0, 0.05) is 13.2 Å². The van der Waals surface area contributed by atoms with Gasteiger partial charge in [-0.2, -0.15) is 0 Å². The first-order valence-corrected chi connectivity index (χ1v) is 6.30. The molecule has 1 aliphatic rings. The Balaban J connectivity index is 2.04. The minimum atomic E-state index is 0.347. The van der Waals surface area contributed by atoms with E-state index in [0.29, 0.717) is 18.0 Å². The molecule has 2 unspecified atom stereocenters. The number of rotatable bonds is 4. The van der Waals surface area contributed by atoms with Gasteiger partial charge in [-0.15, -0.1) is 0 Å². The quantitative estimate of drug-likeness (QED) is 0.577. The SMILES string of the molecule is COC1CCC(Nc2ncnc(NN)c2Br)C1. The maximum atomic E-state index is 5.35. The van der Waals surface area contributed by atoms with Gasteiger partial charge < -0.3 is 15.5 Å². The van der Waals surface area contributed by atoms with E-state index in [1.807, 2.05) is 0 Å². The molecule has 0 spiro atoms. The second-order valence-corrected chi connectivity index (χ2v) is 4.83. The van der Waals surface area contributed by atoms with Gasteiger partial charge in [0.2, 0.25) is 0 Å². The molecule has 94 valence electrons. The molecule has 0 aliphatic heterocycles. The van der Waals surface area contributed by atoms with Gasteiger partial charge in [-0.25, -0.2) is 15.8 Å². The third kappa shape index (κ3) is 2.85. The van der Waals surface area contributed by atoms with Crippen molar-refractivity contribution in [2.75, 3.05) is 17.9 Å². The zero-order valence-corrected chi connectivity index (χ0v) is 11.2. The van der Waals surface area contributed by atoms with E-state index in [9.17, 15) is 0 Å². The van der Waals surface area contributed by atoms with Gasteiger partial charge in [-0.05, 0) is 35.2 Å². The summed E-state index contributed by atoms with van der Waals surface area (Å²) in [5.74, 6) is 6.69. The van der Waals surface area contributed by atoms with E-state index in [1.165, 1.54) is 6.33 Å². The van der Waals surface area contributed by atoms with Crippen LogP contribution in [0.3, 0.4) is 0 Å². The Labute approximate surface area is 108 Å². The number of ether oxygens (including phenoxy) is 1. The molecule has 0 aromatic carbocycles. The third-order valence-electron chi connectivity index (χ3n) is 2.98. The van der Waals surface area contributed by atoms with E-state index in [4.69, 9.17) is 10.6 Å². The standard InChI is InChI=1S/C10H16BrN5O/c1-17-7-3-2-6(4-7)15-9-8(11)10(16-12)14-5-13-9/h5-7H,2-4,12H2,1H3,(H2,13,14,15,16). The highest BCUT2D eigenvalue weighted by Crippen LogP contribution is 2.30. The smallest absolute Gasteiger partial charge is 0.159 e. The fourth-order valence-corrected chi connectivity index (χ4v) is 2.48. The Morgan fingerprint density at radius 2 is 2.18 bits per heavy atom. The van der Waals surface area contributed by atoms with Gasteiger partial charge in [0.15, 0.2) is 5.82 Å². The zero-order chi connectivity index (χ0) is 12.3. The number of anilines is 2. The second-order valence-electron chi connectivity index (χ2n) is 4.04. The minimum absolute atomic E-state index is 0.347. The summed E-state index contributed by atoms with van der Waals surface area (Å²) >= 11 is 3.42. The predicted octanol–water partition coefficient (Wildman–Crippen LogP) is 1.50. The first kappa shape index (κ1) is 12.5. The number of nitrogens with two attached hydrogens (primary N) is 1. The highest BCUT2D eigenvalue weighted by Gasteiger charge is 2.25. The van der Waals surface area contributed by atoms with Gasteiger partial charge in [0.25, 0.3) is 0 Å². The highest BCUT2D eigenvalue weighted by molar-refractivity contribution is 9.10. The molecule has 0 radical (unpaired) electrons. The molecule has 1 aliphatic carbocycles. The number of nitrogen functional groups attached to an aromatic ring is 1. The van der Waals surface area contributed by atoms with E-state index in [1.54, 1.807) is 7.11 Å². The number of nitrogens with one attached hydrogen (secondary N) is 2. The van der Waals surface area contributed by atoms with Crippen molar-refractivity contribution in [1.29, 1.82) is 0 Å². The number of methoxy groups -OCH3 is 1. The molecule has 1 aromatic heterocycles. The van der Waals surface area contributed by atoms with E-state index >= 15 is 0 Å². The number of hydrogen-bond donors (Lipinski definition) is 3. The minimum Gasteiger partial charge on any atom is -0.381 e. The summed E-state index contributed by atoms with van der Waals surface area (Å²) in [7, 11) is 1.75. The highest BCUT2D eigenvalue weighted by atomic mass is 79.9. The van der Waals surface area contributed by atoms with Gasteiger partial charge in [0.05, 0.1) is 6.10 Å². The zero-order valence-electron chi connectivity index (χ0n) is 9.61. The molecule has 1 heterocycles. The number of aromatic nitrogens is 2. The molecule has 6 nitrogen and oxygen atoms in total. The molecule has 1 fully saturated rings. The molecule has 0 bridgehead atoms. The maximum absolute atomic E-state index is 5.35. The van der Waals surface area contributed by atoms with Crippen LogP contribution in [0.1, 0.15) is 19.3 Å². The lowest BCUT2D eigenvalue weighted by Gasteiger charge is -2.15. The van der Waals surface area contributed by atoms with Crippen molar-refractivity contribution in [3.8, 4) is 0 Å². The molecule has 0 amide bonds. The van der Waals surface area contributed by atoms with Crippen LogP contribution in [0.2, 0.25) is 0 Å². The Morgan fingerprint density at radius 1 is 1.41 bits per heavy atom. The lowest BCUT2D eigenvalue weighted by atomic mass is 10.2. The van der Waals surface area contributed by atoms with Crippen molar-refractivity contribution < 1.29 is 4.74 Å². The fraction of sp³-hybridized carbons (Fsp3) is 0.600. The summed E-state index contributed by atoms with van der Waals surface area (Å²) in [6.07, 6.45) is 4.99. The second kappa shape index (κ2) is 5.61. The van der Waals surface area contributed by atoms with Crippen molar-refractivity contribution >= 4 is 27.6 Å². The molecule has 1 aromatic rings. The summed E-state index contributed by atoms with van der Waals surface area (Å²) in [6.45, 7) is 0. The van der Waals surface area contributed by atoms with Crippen LogP contribution in [0.25, 0.3) is 0 Å². The van der Waals surface area contributed by atoms with Crippen molar-refractivity contribution in [2.24, 2.45) is 5.84 Å². The van der Waals surface area contributed by atoms with E-state index < -0.39 is 0 Å². The average molecular weight is 302 g/mol. The molecule has 2 rings (SSSR count). The molecular weight excluding hydrogens is 286 g/mol. The van der Waals surface area contributed by atoms with Crippen molar-refractivity contribution in [3.05, 3.63) is 10.8 Å². The first-order valence-electron chi connectivity index (χ1n) is 5.51. The summed E-state index contributed by atoms with van der Waals surface area (Å²) in [4.78, 5) is 8.20. The van der Waals surface area contributed by atoms with Crippen LogP contribution in [0, 0.1) is 0 Å². The monoisotopic (exact) mass is 301 g/mol. The average Bonchev–Trinajstić information content (AvgIpc) is 2.79. The molecule has 4 N–H and O–H groups in total. The molecule has 17 heavy (non-hydrogen) atoms. The maximum Gasteiger partial charge on any atom is 0.159 e. The predicted molar refractivity (Wildman–Crippen MR) is 69.6 cm³/mol. The number of hydrazine groups is 1. The molecular formula is C10H16BrN5O. The van der Waals surface area contributed by atoms with Gasteiger partial charge in [-0.1, -0.05) is 0 Å². The Morgan fingerprint density at radius 3 is 2.82 bits per heavy atom. The van der Waals surface area contributed by atoms with Gasteiger partial charge in [-0.3, -0.25) is 0 Å². The van der Waals surface area contributed by atoms with Crippen LogP contribution in [-0.4, -0.2) is 29.2 Å². The summed E-state index contributed by atoms with van der Waals surface area (Å²) in [5.41, 5.74) is 2.52. The van der Waals surface area contributed by atoms with Gasteiger partial charge in [0.1, 0.15) is 16.6 Å². The number of hydrogen-bond acceptors (Lipinski definition) is 6. The van der Waals surface area contributed by atoms with E-state index in [2.05, 4.69) is 36.6 Å². The molecule has 1 saturated carbocycles. The summed E-state index contributed by atoms with van der Waals surface area (Å²) in [6, 6.07) is 0.386. The summed E-state index contributed by atoms with van der Waals surface area (Å²) in [5, 5.41) is 3.37. The van der Waals surface area contributed by atoms with Crippen molar-refractivity contribution in [2.45, 2.75) is 31.4 Å². The largest absolute Gasteiger partial charge is 0.381 e. The molecule has 2 atom stereocenters. The van der Waals surface area contributed by atoms with E-state index in [-0.39, 0.29) is 0 Å². The third-order valence-corrected chi connectivity index (χ3v) is 3.74. The number of nitrogens with zero attached hydrogens (tertiary/aromatic N) is 2. The Hall–Kier alpha value is -0.920. The Kier molecular flexibility index (Phi) is 4.14. The van der Waals surface area contributed by atoms with Crippen molar-refractivity contribution in [3.63, 3.8) is 0 Å². The van der Waals surface area contributed by atoms with Crippen LogP contribution in [0.15, 0.2) is 10.8 Å². The van der Waals surface area contributed by atoms with Crippen LogP contribution in [-0.2, 0) is 4.74 Å². The lowest BCUT2D eigenvalue weighted by Crippen LogP contribution is -2.19. The van der Waals surface area contributed by atoms with Crippen molar-refractivity contribution in [1.82, 2.24) is 9.97 Å². The summed E-state index contributed by atoms with van der Waals surface area (Å²) < 4.78 is 6.09. The molecule has 7 heteroatoms. The molecule has 0 saturated heterocycles. The number of halogens is 1. The normalized spacial score (nSPS) is 23.7. The van der Waals surface area contributed by atoms with Gasteiger partial charge >= 0.3 is 0 Å². The lowest BCUT2D eigenvalue weighted by molar-refractivity contribution is 0.108. The van der Waals surface area contributed by atoms with Crippen LogP contribution in [0.5, 0.6) is 0 Å². The Bertz CT molecular complexity index is 389. The fourth-order valence-electron chi connectivity index (χ4n) is 2.05. The van der Waals surface area contributed by atoms with Crippen LogP contribution in [0.4, 0.5) is 11.6 Å². The van der Waals surface area contributed by atoms with E-state index in [0.717, 1.165) is 29.6 Å². The van der Waals surface area contributed by atoms with Crippen LogP contribution < -0.4 is 16.6 Å². The topological polar surface area (TPSA) is 85.1 Å². The van der Waals surface area contributed by atoms with Crippen LogP contribution >= 0.6 is 15.9 Å². The first-order chi connectivity index (χ1) is 8.24.